The van der Waals surface area contributed by atoms with Gasteiger partial charge in [0, 0.05) is 17.8 Å². The summed E-state index contributed by atoms with van der Waals surface area (Å²) in [5.41, 5.74) is 11.0. The van der Waals surface area contributed by atoms with Gasteiger partial charge in [-0.25, -0.2) is 5.43 Å². The molecule has 0 unspecified atom stereocenters. The van der Waals surface area contributed by atoms with Gasteiger partial charge in [0.1, 0.15) is 5.75 Å². The Labute approximate surface area is 114 Å². The van der Waals surface area contributed by atoms with Crippen LogP contribution in [0.5, 0.6) is 5.75 Å². The van der Waals surface area contributed by atoms with Gasteiger partial charge in [0.05, 0.1) is 7.11 Å². The summed E-state index contributed by atoms with van der Waals surface area (Å²) in [4.78, 5) is 0. The number of hydrogen-bond donors (Lipinski definition) is 2. The Balaban J connectivity index is 2.03. The molecule has 0 radical (unpaired) electrons. The molecule has 0 aliphatic carbocycles. The lowest BCUT2D eigenvalue weighted by Crippen LogP contribution is -2.21. The van der Waals surface area contributed by atoms with Crippen molar-refractivity contribution in [2.75, 3.05) is 12.5 Å². The third-order valence-corrected chi connectivity index (χ3v) is 2.99. The molecular weight excluding hydrogens is 236 g/mol. The number of rotatable bonds is 5. The molecule has 0 aromatic heterocycles. The second kappa shape index (κ2) is 6.25. The Morgan fingerprint density at radius 3 is 2.47 bits per heavy atom. The molecule has 0 saturated carbocycles. The van der Waals surface area contributed by atoms with Crippen molar-refractivity contribution in [3.05, 3.63) is 59.2 Å². The van der Waals surface area contributed by atoms with Gasteiger partial charge in [0.15, 0.2) is 0 Å². The summed E-state index contributed by atoms with van der Waals surface area (Å²) in [6.07, 6.45) is 0. The maximum atomic E-state index is 5.47. The lowest BCUT2D eigenvalue weighted by atomic mass is 10.1. The second-order valence-electron chi connectivity index (χ2n) is 4.62. The first-order valence-corrected chi connectivity index (χ1v) is 6.38. The number of benzene rings is 2. The van der Waals surface area contributed by atoms with Crippen LogP contribution in [0.2, 0.25) is 0 Å². The second-order valence-corrected chi connectivity index (χ2v) is 4.62. The van der Waals surface area contributed by atoms with E-state index in [-0.39, 0.29) is 0 Å². The van der Waals surface area contributed by atoms with Crippen LogP contribution in [0.25, 0.3) is 0 Å². The third-order valence-electron chi connectivity index (χ3n) is 2.99. The van der Waals surface area contributed by atoms with E-state index in [0.717, 1.165) is 17.0 Å². The number of para-hydroxylation sites is 1. The zero-order valence-electron chi connectivity index (χ0n) is 11.7. The number of hydrogen-bond acceptors (Lipinski definition) is 3. The molecule has 0 saturated heterocycles. The summed E-state index contributed by atoms with van der Waals surface area (Å²) in [6.45, 7) is 4.88. The van der Waals surface area contributed by atoms with Crippen molar-refractivity contribution < 1.29 is 4.74 Å². The number of hydrazine groups is 1. The fourth-order valence-electron chi connectivity index (χ4n) is 2.23. The fourth-order valence-corrected chi connectivity index (χ4v) is 2.23. The van der Waals surface area contributed by atoms with Gasteiger partial charge in [0.25, 0.3) is 0 Å². The SMILES string of the molecule is COc1c(C)cc(C)cc1CNNc1ccccc1. The molecule has 0 spiro atoms. The molecule has 2 aromatic rings. The van der Waals surface area contributed by atoms with Crippen LogP contribution in [0.3, 0.4) is 0 Å². The smallest absolute Gasteiger partial charge is 0.126 e. The minimum Gasteiger partial charge on any atom is -0.496 e. The molecule has 2 rings (SSSR count). The van der Waals surface area contributed by atoms with E-state index in [1.165, 1.54) is 11.1 Å². The summed E-state index contributed by atoms with van der Waals surface area (Å²) in [5.74, 6) is 0.952. The Hall–Kier alpha value is -2.00. The monoisotopic (exact) mass is 256 g/mol. The third kappa shape index (κ3) is 3.48. The van der Waals surface area contributed by atoms with E-state index in [1.54, 1.807) is 7.11 Å². The highest BCUT2D eigenvalue weighted by atomic mass is 16.5. The molecule has 0 heterocycles. The van der Waals surface area contributed by atoms with Gasteiger partial charge >= 0.3 is 0 Å². The molecule has 0 aliphatic rings. The van der Waals surface area contributed by atoms with Gasteiger partial charge in [-0.1, -0.05) is 35.9 Å². The normalized spacial score (nSPS) is 10.3. The van der Waals surface area contributed by atoms with Crippen LogP contribution < -0.4 is 15.6 Å². The van der Waals surface area contributed by atoms with Gasteiger partial charge in [-0.2, -0.15) is 0 Å². The minimum atomic E-state index is 0.709. The Bertz CT molecular complexity index is 538. The molecular formula is C16H20N2O. The zero-order chi connectivity index (χ0) is 13.7. The maximum absolute atomic E-state index is 5.47. The van der Waals surface area contributed by atoms with Gasteiger partial charge in [0.2, 0.25) is 0 Å². The minimum absolute atomic E-state index is 0.709. The summed E-state index contributed by atoms with van der Waals surface area (Å²) in [5, 5.41) is 0. The first-order valence-electron chi connectivity index (χ1n) is 6.38. The molecule has 2 N–H and O–H groups in total. The number of methoxy groups -OCH3 is 1. The first kappa shape index (κ1) is 13.4. The highest BCUT2D eigenvalue weighted by Gasteiger charge is 2.06. The lowest BCUT2D eigenvalue weighted by Gasteiger charge is -2.14. The highest BCUT2D eigenvalue weighted by Crippen LogP contribution is 2.24. The highest BCUT2D eigenvalue weighted by molar-refractivity contribution is 5.45. The Morgan fingerprint density at radius 2 is 1.79 bits per heavy atom. The largest absolute Gasteiger partial charge is 0.496 e. The van der Waals surface area contributed by atoms with E-state index in [9.17, 15) is 0 Å². The Kier molecular flexibility index (Phi) is 4.42. The van der Waals surface area contributed by atoms with Crippen molar-refractivity contribution in [2.45, 2.75) is 20.4 Å². The van der Waals surface area contributed by atoms with Gasteiger partial charge in [-0.05, 0) is 31.5 Å². The fraction of sp³-hybridized carbons (Fsp3) is 0.250. The van der Waals surface area contributed by atoms with E-state index >= 15 is 0 Å². The van der Waals surface area contributed by atoms with Crippen molar-refractivity contribution in [3.8, 4) is 5.75 Å². The van der Waals surface area contributed by atoms with E-state index < -0.39 is 0 Å². The van der Waals surface area contributed by atoms with Crippen molar-refractivity contribution in [3.63, 3.8) is 0 Å². The predicted octanol–water partition coefficient (Wildman–Crippen LogP) is 3.43. The zero-order valence-corrected chi connectivity index (χ0v) is 11.7. The average Bonchev–Trinajstić information content (AvgIpc) is 2.39. The average molecular weight is 256 g/mol. The summed E-state index contributed by atoms with van der Waals surface area (Å²) >= 11 is 0. The molecule has 0 atom stereocenters. The van der Waals surface area contributed by atoms with E-state index in [1.807, 2.05) is 30.3 Å². The lowest BCUT2D eigenvalue weighted by molar-refractivity contribution is 0.405. The number of ether oxygens (including phenoxy) is 1. The molecule has 3 nitrogen and oxygen atoms in total. The van der Waals surface area contributed by atoms with Crippen LogP contribution in [-0.2, 0) is 6.54 Å². The number of aryl methyl sites for hydroxylation is 2. The van der Waals surface area contributed by atoms with Crippen LogP contribution in [0.15, 0.2) is 42.5 Å². The number of nitrogens with one attached hydrogen (secondary N) is 2. The van der Waals surface area contributed by atoms with Crippen LogP contribution in [0.4, 0.5) is 5.69 Å². The van der Waals surface area contributed by atoms with E-state index in [4.69, 9.17) is 4.74 Å². The predicted molar refractivity (Wildman–Crippen MR) is 79.4 cm³/mol. The summed E-state index contributed by atoms with van der Waals surface area (Å²) in [7, 11) is 1.71. The molecule has 0 amide bonds. The summed E-state index contributed by atoms with van der Waals surface area (Å²) < 4.78 is 5.47. The van der Waals surface area contributed by atoms with Crippen LogP contribution in [-0.4, -0.2) is 7.11 Å². The van der Waals surface area contributed by atoms with Crippen molar-refractivity contribution in [2.24, 2.45) is 0 Å². The van der Waals surface area contributed by atoms with Gasteiger partial charge in [-0.15, -0.1) is 0 Å². The quantitative estimate of drug-likeness (QED) is 0.804. The van der Waals surface area contributed by atoms with Crippen molar-refractivity contribution in [1.82, 2.24) is 5.43 Å². The molecule has 3 heteroatoms. The molecule has 100 valence electrons. The van der Waals surface area contributed by atoms with Crippen LogP contribution in [0, 0.1) is 13.8 Å². The molecule has 0 fully saturated rings. The van der Waals surface area contributed by atoms with E-state index in [2.05, 4.69) is 36.8 Å². The molecule has 2 aromatic carbocycles. The van der Waals surface area contributed by atoms with Gasteiger partial charge in [-0.3, -0.25) is 0 Å². The standard InChI is InChI=1S/C16H20N2O/c1-12-9-13(2)16(19-3)14(10-12)11-17-18-15-7-5-4-6-8-15/h4-10,17-18H,11H2,1-3H3. The van der Waals surface area contributed by atoms with E-state index in [0.29, 0.717) is 6.54 Å². The number of anilines is 1. The molecule has 19 heavy (non-hydrogen) atoms. The first-order chi connectivity index (χ1) is 9.20. The summed E-state index contributed by atoms with van der Waals surface area (Å²) in [6, 6.07) is 14.3. The Morgan fingerprint density at radius 1 is 1.05 bits per heavy atom. The van der Waals surface area contributed by atoms with Crippen molar-refractivity contribution in [1.29, 1.82) is 0 Å². The van der Waals surface area contributed by atoms with Crippen molar-refractivity contribution >= 4 is 5.69 Å². The van der Waals surface area contributed by atoms with Crippen LogP contribution in [0.1, 0.15) is 16.7 Å². The topological polar surface area (TPSA) is 33.3 Å². The molecule has 0 bridgehead atoms. The van der Waals surface area contributed by atoms with Crippen LogP contribution >= 0.6 is 0 Å². The van der Waals surface area contributed by atoms with Gasteiger partial charge < -0.3 is 10.2 Å². The molecule has 0 aliphatic heterocycles. The maximum Gasteiger partial charge on any atom is 0.126 e.